The molecule has 0 atom stereocenters. The maximum atomic E-state index is 4.61. The third kappa shape index (κ3) is 10.8. The molecular weight excluding hydrogens is 236 g/mol. The van der Waals surface area contributed by atoms with Gasteiger partial charge in [-0.3, -0.25) is 4.99 Å². The van der Waals surface area contributed by atoms with E-state index in [4.69, 9.17) is 0 Å². The van der Waals surface area contributed by atoms with Gasteiger partial charge in [0.2, 0.25) is 0 Å². The molecular formula is C15H34N4. The first-order valence-electron chi connectivity index (χ1n) is 7.88. The lowest BCUT2D eigenvalue weighted by atomic mass is 10.1. The molecule has 0 rings (SSSR count). The van der Waals surface area contributed by atoms with E-state index in [-0.39, 0.29) is 0 Å². The summed E-state index contributed by atoms with van der Waals surface area (Å²) < 4.78 is 0. The van der Waals surface area contributed by atoms with Crippen LogP contribution in [0.25, 0.3) is 0 Å². The minimum atomic E-state index is 0.772. The van der Waals surface area contributed by atoms with Crippen LogP contribution in [-0.4, -0.2) is 50.1 Å². The molecule has 0 heterocycles. The Kier molecular flexibility index (Phi) is 11.8. The van der Waals surface area contributed by atoms with E-state index in [1.165, 1.54) is 12.8 Å². The lowest BCUT2D eigenvalue weighted by Crippen LogP contribution is -2.41. The molecule has 0 aromatic rings. The molecule has 19 heavy (non-hydrogen) atoms. The highest BCUT2D eigenvalue weighted by Crippen LogP contribution is 2.02. The largest absolute Gasteiger partial charge is 0.357 e. The van der Waals surface area contributed by atoms with Crippen molar-refractivity contribution >= 4 is 5.96 Å². The van der Waals surface area contributed by atoms with Crippen LogP contribution in [0.3, 0.4) is 0 Å². The summed E-state index contributed by atoms with van der Waals surface area (Å²) in [5, 5.41) is 6.71. The zero-order valence-corrected chi connectivity index (χ0v) is 13.6. The van der Waals surface area contributed by atoms with E-state index in [0.717, 1.165) is 51.1 Å². The van der Waals surface area contributed by atoms with Crippen molar-refractivity contribution in [2.75, 3.05) is 39.3 Å². The molecule has 4 heteroatoms. The number of hydrogen-bond acceptors (Lipinski definition) is 2. The second kappa shape index (κ2) is 12.3. The second-order valence-corrected chi connectivity index (χ2v) is 5.25. The lowest BCUT2D eigenvalue weighted by molar-refractivity contribution is 0.308. The second-order valence-electron chi connectivity index (χ2n) is 5.25. The predicted molar refractivity (Wildman–Crippen MR) is 85.8 cm³/mol. The van der Waals surface area contributed by atoms with Crippen LogP contribution in [0.1, 0.15) is 47.5 Å². The highest BCUT2D eigenvalue weighted by molar-refractivity contribution is 5.79. The molecule has 0 aromatic heterocycles. The molecule has 0 fully saturated rings. The maximum Gasteiger partial charge on any atom is 0.191 e. The van der Waals surface area contributed by atoms with Crippen LogP contribution in [0, 0.1) is 5.92 Å². The molecule has 0 unspecified atom stereocenters. The van der Waals surface area contributed by atoms with Gasteiger partial charge in [-0.2, -0.15) is 0 Å². The van der Waals surface area contributed by atoms with E-state index < -0.39 is 0 Å². The molecule has 0 saturated heterocycles. The van der Waals surface area contributed by atoms with Crippen molar-refractivity contribution in [1.82, 2.24) is 15.5 Å². The Hall–Kier alpha value is -0.770. The highest BCUT2D eigenvalue weighted by Gasteiger charge is 2.00. The number of aliphatic imine (C=N–C) groups is 1. The molecule has 0 aromatic carbocycles. The van der Waals surface area contributed by atoms with Crippen molar-refractivity contribution in [3.05, 3.63) is 0 Å². The fourth-order valence-corrected chi connectivity index (χ4v) is 1.90. The molecule has 0 spiro atoms. The Morgan fingerprint density at radius 1 is 1.11 bits per heavy atom. The van der Waals surface area contributed by atoms with Crippen LogP contribution in [-0.2, 0) is 0 Å². The smallest absolute Gasteiger partial charge is 0.191 e. The monoisotopic (exact) mass is 270 g/mol. The summed E-state index contributed by atoms with van der Waals surface area (Å²) in [6, 6.07) is 0. The van der Waals surface area contributed by atoms with E-state index in [1.807, 2.05) is 0 Å². The van der Waals surface area contributed by atoms with Crippen LogP contribution in [0.4, 0.5) is 0 Å². The number of rotatable bonds is 10. The summed E-state index contributed by atoms with van der Waals surface area (Å²) in [4.78, 5) is 7.02. The maximum absolute atomic E-state index is 4.61. The molecule has 2 N–H and O–H groups in total. The van der Waals surface area contributed by atoms with Crippen LogP contribution in [0.15, 0.2) is 4.99 Å². The van der Waals surface area contributed by atoms with E-state index in [1.54, 1.807) is 0 Å². The standard InChI is InChI=1S/C15H34N4/c1-6-16-15(17-11-9-10-14(4)5)18-12-13-19(7-2)8-3/h14H,6-13H2,1-5H3,(H2,16,17,18). The van der Waals surface area contributed by atoms with E-state index in [2.05, 4.69) is 55.1 Å². The highest BCUT2D eigenvalue weighted by atomic mass is 15.2. The number of hydrogen-bond donors (Lipinski definition) is 2. The average molecular weight is 270 g/mol. The number of guanidine groups is 1. The van der Waals surface area contributed by atoms with Gasteiger partial charge in [0, 0.05) is 26.2 Å². The van der Waals surface area contributed by atoms with Gasteiger partial charge in [0.1, 0.15) is 0 Å². The normalized spacial score (nSPS) is 12.3. The number of nitrogens with one attached hydrogen (secondary N) is 2. The van der Waals surface area contributed by atoms with Crippen LogP contribution < -0.4 is 10.6 Å². The third-order valence-corrected chi connectivity index (χ3v) is 3.17. The Morgan fingerprint density at radius 3 is 2.32 bits per heavy atom. The minimum absolute atomic E-state index is 0.772. The predicted octanol–water partition coefficient (Wildman–Crippen LogP) is 2.32. The van der Waals surface area contributed by atoms with E-state index in [0.29, 0.717) is 0 Å². The Bertz CT molecular complexity index is 222. The number of likely N-dealkylation sites (N-methyl/N-ethyl adjacent to an activating group) is 1. The van der Waals surface area contributed by atoms with Crippen molar-refractivity contribution < 1.29 is 0 Å². The first-order valence-corrected chi connectivity index (χ1v) is 7.88. The van der Waals surface area contributed by atoms with Crippen molar-refractivity contribution in [3.63, 3.8) is 0 Å². The SMILES string of the molecule is CCNC(=NCCCC(C)C)NCCN(CC)CC. The third-order valence-electron chi connectivity index (χ3n) is 3.17. The Morgan fingerprint density at radius 2 is 1.79 bits per heavy atom. The molecule has 0 aliphatic heterocycles. The van der Waals surface area contributed by atoms with Gasteiger partial charge in [-0.15, -0.1) is 0 Å². The summed E-state index contributed by atoms with van der Waals surface area (Å²) in [6.45, 7) is 17.1. The van der Waals surface area contributed by atoms with Gasteiger partial charge < -0.3 is 15.5 Å². The molecule has 0 saturated carbocycles. The summed E-state index contributed by atoms with van der Waals surface area (Å²) in [7, 11) is 0. The molecule has 0 aliphatic rings. The molecule has 0 amide bonds. The van der Waals surface area contributed by atoms with Gasteiger partial charge in [-0.25, -0.2) is 0 Å². The molecule has 0 aliphatic carbocycles. The van der Waals surface area contributed by atoms with Crippen molar-refractivity contribution in [1.29, 1.82) is 0 Å². The van der Waals surface area contributed by atoms with Crippen LogP contribution in [0.5, 0.6) is 0 Å². The van der Waals surface area contributed by atoms with E-state index >= 15 is 0 Å². The van der Waals surface area contributed by atoms with Gasteiger partial charge in [0.05, 0.1) is 0 Å². The zero-order chi connectivity index (χ0) is 14.5. The van der Waals surface area contributed by atoms with Crippen LogP contribution in [0.2, 0.25) is 0 Å². The molecule has 114 valence electrons. The molecule has 4 nitrogen and oxygen atoms in total. The fraction of sp³-hybridized carbons (Fsp3) is 0.933. The van der Waals surface area contributed by atoms with Gasteiger partial charge in [-0.1, -0.05) is 27.7 Å². The van der Waals surface area contributed by atoms with Crippen molar-refractivity contribution in [2.24, 2.45) is 10.9 Å². The summed E-state index contributed by atoms with van der Waals surface area (Å²) in [5.74, 6) is 1.73. The Balaban J connectivity index is 3.92. The summed E-state index contributed by atoms with van der Waals surface area (Å²) in [6.07, 6.45) is 2.42. The van der Waals surface area contributed by atoms with Gasteiger partial charge in [0.25, 0.3) is 0 Å². The number of nitrogens with zero attached hydrogens (tertiary/aromatic N) is 2. The summed E-state index contributed by atoms with van der Waals surface area (Å²) in [5.41, 5.74) is 0. The minimum Gasteiger partial charge on any atom is -0.357 e. The topological polar surface area (TPSA) is 39.7 Å². The first-order chi connectivity index (χ1) is 9.13. The fourth-order valence-electron chi connectivity index (χ4n) is 1.90. The van der Waals surface area contributed by atoms with E-state index in [9.17, 15) is 0 Å². The van der Waals surface area contributed by atoms with Crippen LogP contribution >= 0.6 is 0 Å². The van der Waals surface area contributed by atoms with Gasteiger partial charge in [-0.05, 0) is 38.8 Å². The van der Waals surface area contributed by atoms with Crippen molar-refractivity contribution in [2.45, 2.75) is 47.5 Å². The summed E-state index contributed by atoms with van der Waals surface area (Å²) >= 11 is 0. The van der Waals surface area contributed by atoms with Gasteiger partial charge >= 0.3 is 0 Å². The molecule has 0 bridgehead atoms. The zero-order valence-electron chi connectivity index (χ0n) is 13.6. The van der Waals surface area contributed by atoms with Crippen molar-refractivity contribution in [3.8, 4) is 0 Å². The Labute approximate surface area is 120 Å². The first kappa shape index (κ1) is 18.2. The molecule has 0 radical (unpaired) electrons. The quantitative estimate of drug-likeness (QED) is 0.363. The van der Waals surface area contributed by atoms with Gasteiger partial charge in [0.15, 0.2) is 5.96 Å². The lowest BCUT2D eigenvalue weighted by Gasteiger charge is -2.19. The average Bonchev–Trinajstić information content (AvgIpc) is 2.39.